The Kier molecular flexibility index (Phi) is 3.38. The average molecular weight is 251 g/mol. The van der Waals surface area contributed by atoms with E-state index >= 15 is 0 Å². The van der Waals surface area contributed by atoms with Gasteiger partial charge in [-0.2, -0.15) is 12.6 Å². The summed E-state index contributed by atoms with van der Waals surface area (Å²) in [6, 6.07) is 7.08. The Bertz CT molecular complexity index is 461. The predicted octanol–water partition coefficient (Wildman–Crippen LogP) is 1.35. The first-order valence-electron chi connectivity index (χ1n) is 5.35. The molecule has 5 heteroatoms. The molecule has 17 heavy (non-hydrogen) atoms. The molecule has 1 saturated heterocycles. The van der Waals surface area contributed by atoms with Crippen molar-refractivity contribution in [3.63, 3.8) is 0 Å². The largest absolute Gasteiger partial charge is 0.481 e. The molecule has 1 aromatic rings. The van der Waals surface area contributed by atoms with Gasteiger partial charge in [-0.3, -0.25) is 9.59 Å². The minimum absolute atomic E-state index is 0.0276. The first kappa shape index (κ1) is 12.0. The van der Waals surface area contributed by atoms with Crippen LogP contribution in [0.25, 0.3) is 0 Å². The van der Waals surface area contributed by atoms with Gasteiger partial charge >= 0.3 is 5.97 Å². The van der Waals surface area contributed by atoms with E-state index in [9.17, 15) is 9.59 Å². The fourth-order valence-electron chi connectivity index (χ4n) is 1.95. The summed E-state index contributed by atoms with van der Waals surface area (Å²) in [4.78, 5) is 24.0. The monoisotopic (exact) mass is 251 g/mol. The number of hydrogen-bond donors (Lipinski definition) is 2. The minimum Gasteiger partial charge on any atom is -0.481 e. The van der Waals surface area contributed by atoms with Crippen molar-refractivity contribution >= 4 is 30.2 Å². The molecule has 0 aromatic heterocycles. The summed E-state index contributed by atoms with van der Waals surface area (Å²) in [6.45, 7) is 0.582. The lowest BCUT2D eigenvalue weighted by atomic mass is 10.1. The normalized spacial score (nSPS) is 19.7. The van der Waals surface area contributed by atoms with Gasteiger partial charge in [0.05, 0.1) is 6.42 Å². The number of rotatable bonds is 3. The third-order valence-corrected chi connectivity index (χ3v) is 3.03. The molecule has 1 aliphatic heterocycles. The van der Waals surface area contributed by atoms with Gasteiger partial charge in [-0.1, -0.05) is 12.1 Å². The van der Waals surface area contributed by atoms with Gasteiger partial charge in [0, 0.05) is 23.9 Å². The molecule has 1 unspecified atom stereocenters. The molecule has 1 aromatic carbocycles. The number of hydrogen-bond acceptors (Lipinski definition) is 3. The number of aliphatic carboxylic acids is 1. The summed E-state index contributed by atoms with van der Waals surface area (Å²) in [5, 5.41) is 8.79. The van der Waals surface area contributed by atoms with E-state index in [4.69, 9.17) is 5.11 Å². The third kappa shape index (κ3) is 2.79. The van der Waals surface area contributed by atoms with E-state index in [2.05, 4.69) is 12.6 Å². The molecule has 1 N–H and O–H groups in total. The second-order valence-corrected chi connectivity index (χ2v) is 4.83. The summed E-state index contributed by atoms with van der Waals surface area (Å²) >= 11 is 4.29. The molecule has 1 amide bonds. The second-order valence-electron chi connectivity index (χ2n) is 4.10. The van der Waals surface area contributed by atoms with Crippen molar-refractivity contribution < 1.29 is 14.7 Å². The van der Waals surface area contributed by atoms with Crippen LogP contribution in [0.2, 0.25) is 0 Å². The van der Waals surface area contributed by atoms with Gasteiger partial charge in [-0.25, -0.2) is 0 Å². The van der Waals surface area contributed by atoms with Crippen molar-refractivity contribution in [1.29, 1.82) is 0 Å². The van der Waals surface area contributed by atoms with Crippen LogP contribution in [0.15, 0.2) is 24.3 Å². The fourth-order valence-corrected chi connectivity index (χ4v) is 2.27. The molecular weight excluding hydrogens is 238 g/mol. The van der Waals surface area contributed by atoms with Crippen molar-refractivity contribution in [3.8, 4) is 0 Å². The van der Waals surface area contributed by atoms with E-state index in [0.717, 1.165) is 5.69 Å². The van der Waals surface area contributed by atoms with Crippen molar-refractivity contribution in [1.82, 2.24) is 0 Å². The maximum absolute atomic E-state index is 11.7. The summed E-state index contributed by atoms with van der Waals surface area (Å²) < 4.78 is 0. The summed E-state index contributed by atoms with van der Waals surface area (Å²) in [5.41, 5.74) is 1.45. The van der Waals surface area contributed by atoms with Crippen LogP contribution in [-0.4, -0.2) is 28.8 Å². The lowest BCUT2D eigenvalue weighted by Gasteiger charge is -2.16. The van der Waals surface area contributed by atoms with E-state index in [1.54, 1.807) is 23.1 Å². The quantitative estimate of drug-likeness (QED) is 0.797. The van der Waals surface area contributed by atoms with Gasteiger partial charge in [-0.05, 0) is 17.7 Å². The van der Waals surface area contributed by atoms with Crippen LogP contribution in [0.1, 0.15) is 12.0 Å². The number of carboxylic acid groups (broad SMARTS) is 1. The van der Waals surface area contributed by atoms with Crippen LogP contribution in [0.5, 0.6) is 0 Å². The molecule has 2 rings (SSSR count). The van der Waals surface area contributed by atoms with E-state index < -0.39 is 5.97 Å². The molecule has 0 saturated carbocycles. The third-order valence-electron chi connectivity index (χ3n) is 2.68. The number of nitrogens with zero attached hydrogens (tertiary/aromatic N) is 1. The Morgan fingerprint density at radius 3 is 2.88 bits per heavy atom. The zero-order valence-corrected chi connectivity index (χ0v) is 10.1. The lowest BCUT2D eigenvalue weighted by molar-refractivity contribution is -0.136. The topological polar surface area (TPSA) is 57.6 Å². The van der Waals surface area contributed by atoms with Crippen LogP contribution in [0, 0.1) is 0 Å². The Hall–Kier alpha value is -1.49. The number of thiol groups is 1. The van der Waals surface area contributed by atoms with Crippen molar-refractivity contribution in [2.45, 2.75) is 18.1 Å². The molecular formula is C12H13NO3S. The van der Waals surface area contributed by atoms with Crippen LogP contribution < -0.4 is 4.90 Å². The summed E-state index contributed by atoms with van der Waals surface area (Å²) in [5.74, 6) is -0.834. The van der Waals surface area contributed by atoms with Gasteiger partial charge in [-0.15, -0.1) is 0 Å². The molecule has 90 valence electrons. The Balaban J connectivity index is 2.21. The SMILES string of the molecule is O=C(O)Cc1cccc(N2CC(S)CC2=O)c1. The van der Waals surface area contributed by atoms with E-state index in [1.807, 2.05) is 6.07 Å². The zero-order chi connectivity index (χ0) is 12.4. The van der Waals surface area contributed by atoms with Gasteiger partial charge < -0.3 is 10.0 Å². The molecule has 0 spiro atoms. The highest BCUT2D eigenvalue weighted by Gasteiger charge is 2.28. The first-order valence-corrected chi connectivity index (χ1v) is 5.87. The number of carbonyl (C=O) groups is 2. The van der Waals surface area contributed by atoms with Gasteiger partial charge in [0.25, 0.3) is 0 Å². The highest BCUT2D eigenvalue weighted by molar-refractivity contribution is 7.81. The molecule has 1 aliphatic rings. The zero-order valence-electron chi connectivity index (χ0n) is 9.17. The van der Waals surface area contributed by atoms with Crippen LogP contribution >= 0.6 is 12.6 Å². The second kappa shape index (κ2) is 4.79. The highest BCUT2D eigenvalue weighted by atomic mass is 32.1. The highest BCUT2D eigenvalue weighted by Crippen LogP contribution is 2.24. The lowest BCUT2D eigenvalue weighted by Crippen LogP contribution is -2.24. The number of carboxylic acids is 1. The molecule has 0 aliphatic carbocycles. The molecule has 1 atom stereocenters. The molecule has 1 fully saturated rings. The van der Waals surface area contributed by atoms with E-state index in [1.165, 1.54) is 0 Å². The van der Waals surface area contributed by atoms with Gasteiger partial charge in [0.1, 0.15) is 0 Å². The average Bonchev–Trinajstić information content (AvgIpc) is 2.57. The number of anilines is 1. The number of benzene rings is 1. The van der Waals surface area contributed by atoms with Gasteiger partial charge in [0.2, 0.25) is 5.91 Å². The standard InChI is InChI=1S/C12H13NO3S/c14-11-6-10(17)7-13(11)9-3-1-2-8(4-9)5-12(15)16/h1-4,10,17H,5-7H2,(H,15,16). The molecule has 1 heterocycles. The van der Waals surface area contributed by atoms with Crippen LogP contribution in [-0.2, 0) is 16.0 Å². The maximum Gasteiger partial charge on any atom is 0.307 e. The van der Waals surface area contributed by atoms with Crippen LogP contribution in [0.4, 0.5) is 5.69 Å². The minimum atomic E-state index is -0.873. The van der Waals surface area contributed by atoms with Crippen molar-refractivity contribution in [3.05, 3.63) is 29.8 Å². The predicted molar refractivity (Wildman–Crippen MR) is 67.5 cm³/mol. The maximum atomic E-state index is 11.7. The Labute approximate surface area is 105 Å². The smallest absolute Gasteiger partial charge is 0.307 e. The number of carbonyl (C=O) groups excluding carboxylic acids is 1. The number of amides is 1. The Morgan fingerprint density at radius 1 is 1.53 bits per heavy atom. The van der Waals surface area contributed by atoms with Crippen molar-refractivity contribution in [2.75, 3.05) is 11.4 Å². The van der Waals surface area contributed by atoms with Crippen LogP contribution in [0.3, 0.4) is 0 Å². The summed E-state index contributed by atoms with van der Waals surface area (Å²) in [6.07, 6.45) is 0.409. The molecule has 0 radical (unpaired) electrons. The van der Waals surface area contributed by atoms with Crippen molar-refractivity contribution in [2.24, 2.45) is 0 Å². The summed E-state index contributed by atoms with van der Waals surface area (Å²) in [7, 11) is 0. The molecule has 4 nitrogen and oxygen atoms in total. The Morgan fingerprint density at radius 2 is 2.29 bits per heavy atom. The van der Waals surface area contributed by atoms with E-state index in [0.29, 0.717) is 18.5 Å². The van der Waals surface area contributed by atoms with E-state index in [-0.39, 0.29) is 17.6 Å². The molecule has 0 bridgehead atoms. The first-order chi connectivity index (χ1) is 8.06. The fraction of sp³-hybridized carbons (Fsp3) is 0.333. The van der Waals surface area contributed by atoms with Gasteiger partial charge in [0.15, 0.2) is 0 Å².